The largest absolute Gasteiger partial charge is 0.364 e. The highest BCUT2D eigenvalue weighted by Crippen LogP contribution is 2.10. The lowest BCUT2D eigenvalue weighted by molar-refractivity contribution is -0.389. The third-order valence-electron chi connectivity index (χ3n) is 2.70. The van der Waals surface area contributed by atoms with Crippen LogP contribution in [0.25, 0.3) is 0 Å². The Kier molecular flexibility index (Phi) is 4.03. The zero-order valence-corrected chi connectivity index (χ0v) is 11.1. The molecule has 0 unspecified atom stereocenters. The van der Waals surface area contributed by atoms with E-state index >= 15 is 0 Å². The predicted octanol–water partition coefficient (Wildman–Crippen LogP) is 1.87. The molecule has 7 heteroatoms. The number of aromatic nitrogens is 1. The average molecular weight is 285 g/mol. The van der Waals surface area contributed by atoms with Crippen LogP contribution in [0.1, 0.15) is 26.3 Å². The van der Waals surface area contributed by atoms with E-state index in [-0.39, 0.29) is 5.56 Å². The molecule has 0 atom stereocenters. The van der Waals surface area contributed by atoms with Crippen LogP contribution in [-0.2, 0) is 0 Å². The van der Waals surface area contributed by atoms with Gasteiger partial charge in [-0.25, -0.2) is 0 Å². The highest BCUT2D eigenvalue weighted by Gasteiger charge is 2.16. The van der Waals surface area contributed by atoms with Crippen molar-refractivity contribution >= 4 is 17.6 Å². The number of hydrogen-bond acceptors (Lipinski definition) is 5. The molecule has 2 aromatic rings. The average Bonchev–Trinajstić information content (AvgIpc) is 2.47. The summed E-state index contributed by atoms with van der Waals surface area (Å²) in [6, 6.07) is 9.05. The summed E-state index contributed by atoms with van der Waals surface area (Å²) in [4.78, 5) is 37.2. The predicted molar refractivity (Wildman–Crippen MR) is 73.9 cm³/mol. The van der Waals surface area contributed by atoms with E-state index in [1.807, 2.05) is 13.0 Å². The van der Waals surface area contributed by atoms with Crippen LogP contribution in [0.5, 0.6) is 0 Å². The molecule has 0 radical (unpaired) electrons. The number of nitrogens with zero attached hydrogens (tertiary/aromatic N) is 2. The van der Waals surface area contributed by atoms with Crippen LogP contribution in [0, 0.1) is 17.0 Å². The third kappa shape index (κ3) is 3.47. The first-order chi connectivity index (χ1) is 9.97. The van der Waals surface area contributed by atoms with Crippen LogP contribution in [-0.4, -0.2) is 21.7 Å². The molecule has 0 aliphatic carbocycles. The number of imide groups is 1. The first-order valence-corrected chi connectivity index (χ1v) is 6.00. The Labute approximate surface area is 119 Å². The van der Waals surface area contributed by atoms with Gasteiger partial charge in [0.1, 0.15) is 6.20 Å². The van der Waals surface area contributed by atoms with Gasteiger partial charge in [0.2, 0.25) is 0 Å². The molecule has 0 saturated carbocycles. The minimum Gasteiger partial charge on any atom is -0.358 e. The minimum absolute atomic E-state index is 0.00213. The standard InChI is InChI=1S/C14H11N3O4/c1-9-3-2-4-10(7-9)13(18)16-14(19)11-5-6-15-12(8-11)17(20)21/h2-8H,1H3,(H,16,18,19). The molecule has 1 heterocycles. The molecule has 0 saturated heterocycles. The Morgan fingerprint density at radius 1 is 1.14 bits per heavy atom. The van der Waals surface area contributed by atoms with Gasteiger partial charge < -0.3 is 10.1 Å². The molecule has 7 nitrogen and oxygen atoms in total. The number of hydrogen-bond donors (Lipinski definition) is 1. The Hall–Kier alpha value is -3.09. The summed E-state index contributed by atoms with van der Waals surface area (Å²) in [5.41, 5.74) is 1.22. The van der Waals surface area contributed by atoms with Crippen molar-refractivity contribution in [3.8, 4) is 0 Å². The number of carbonyl (C=O) groups excluding carboxylic acids is 2. The molecule has 1 N–H and O–H groups in total. The zero-order valence-electron chi connectivity index (χ0n) is 11.1. The second-order valence-corrected chi connectivity index (χ2v) is 4.31. The van der Waals surface area contributed by atoms with Gasteiger partial charge in [0.05, 0.1) is 5.56 Å². The van der Waals surface area contributed by atoms with E-state index in [1.165, 1.54) is 6.07 Å². The van der Waals surface area contributed by atoms with Gasteiger partial charge in [0.15, 0.2) is 0 Å². The van der Waals surface area contributed by atoms with E-state index < -0.39 is 22.6 Å². The fourth-order valence-corrected chi connectivity index (χ4v) is 1.69. The van der Waals surface area contributed by atoms with Gasteiger partial charge in [-0.15, -0.1) is 0 Å². The maximum absolute atomic E-state index is 11.9. The number of carbonyl (C=O) groups is 2. The lowest BCUT2D eigenvalue weighted by Gasteiger charge is -2.04. The normalized spacial score (nSPS) is 9.95. The van der Waals surface area contributed by atoms with Crippen LogP contribution in [0.3, 0.4) is 0 Å². The Morgan fingerprint density at radius 3 is 2.43 bits per heavy atom. The number of benzene rings is 1. The molecule has 2 amide bonds. The van der Waals surface area contributed by atoms with Gasteiger partial charge in [-0.3, -0.25) is 14.9 Å². The van der Waals surface area contributed by atoms with Gasteiger partial charge in [-0.1, -0.05) is 17.7 Å². The minimum atomic E-state index is -0.716. The Bertz CT molecular complexity index is 728. The lowest BCUT2D eigenvalue weighted by Crippen LogP contribution is -2.30. The van der Waals surface area contributed by atoms with Crippen LogP contribution >= 0.6 is 0 Å². The highest BCUT2D eigenvalue weighted by atomic mass is 16.6. The molecule has 0 aliphatic heterocycles. The topological polar surface area (TPSA) is 102 Å². The number of pyridine rings is 1. The van der Waals surface area contributed by atoms with E-state index in [0.717, 1.165) is 17.8 Å². The maximum atomic E-state index is 11.9. The van der Waals surface area contributed by atoms with Gasteiger partial charge in [-0.2, -0.15) is 0 Å². The van der Waals surface area contributed by atoms with Crippen LogP contribution in [0.2, 0.25) is 0 Å². The van der Waals surface area contributed by atoms with Crippen molar-refractivity contribution in [2.75, 3.05) is 0 Å². The maximum Gasteiger partial charge on any atom is 0.364 e. The smallest absolute Gasteiger partial charge is 0.358 e. The third-order valence-corrected chi connectivity index (χ3v) is 2.70. The van der Waals surface area contributed by atoms with Gasteiger partial charge in [-0.05, 0) is 35.0 Å². The lowest BCUT2D eigenvalue weighted by atomic mass is 10.1. The number of amides is 2. The van der Waals surface area contributed by atoms with Gasteiger partial charge >= 0.3 is 5.82 Å². The highest BCUT2D eigenvalue weighted by molar-refractivity contribution is 6.10. The summed E-state index contributed by atoms with van der Waals surface area (Å²) in [5, 5.41) is 12.8. The van der Waals surface area contributed by atoms with Crippen LogP contribution in [0.15, 0.2) is 42.6 Å². The van der Waals surface area contributed by atoms with Crippen molar-refractivity contribution in [2.45, 2.75) is 6.92 Å². The summed E-state index contributed by atoms with van der Waals surface area (Å²) >= 11 is 0. The van der Waals surface area contributed by atoms with Crippen LogP contribution in [0.4, 0.5) is 5.82 Å². The molecule has 0 aliphatic rings. The summed E-state index contributed by atoms with van der Waals surface area (Å²) in [6.07, 6.45) is 1.14. The summed E-state index contributed by atoms with van der Waals surface area (Å²) < 4.78 is 0. The number of nitrogens with one attached hydrogen (secondary N) is 1. The van der Waals surface area contributed by atoms with E-state index in [2.05, 4.69) is 10.3 Å². The van der Waals surface area contributed by atoms with Crippen molar-refractivity contribution in [3.05, 3.63) is 69.4 Å². The molecule has 106 valence electrons. The summed E-state index contributed by atoms with van der Waals surface area (Å²) in [5.74, 6) is -1.74. The fourth-order valence-electron chi connectivity index (χ4n) is 1.69. The van der Waals surface area contributed by atoms with Crippen molar-refractivity contribution in [2.24, 2.45) is 0 Å². The number of nitro groups is 1. The molecule has 1 aromatic carbocycles. The second kappa shape index (κ2) is 5.91. The molecule has 0 spiro atoms. The SMILES string of the molecule is Cc1cccc(C(=O)NC(=O)c2ccnc([N+](=O)[O-])c2)c1. The van der Waals surface area contributed by atoms with Gasteiger partial charge in [0, 0.05) is 11.6 Å². The molecular formula is C14H11N3O4. The second-order valence-electron chi connectivity index (χ2n) is 4.31. The quantitative estimate of drug-likeness (QED) is 0.527. The molecular weight excluding hydrogens is 274 g/mol. The molecule has 1 aromatic heterocycles. The van der Waals surface area contributed by atoms with Crippen molar-refractivity contribution in [1.29, 1.82) is 0 Å². The molecule has 2 rings (SSSR count). The Balaban J connectivity index is 2.16. The van der Waals surface area contributed by atoms with Gasteiger partial charge in [0.25, 0.3) is 11.8 Å². The summed E-state index contributed by atoms with van der Waals surface area (Å²) in [6.45, 7) is 1.82. The van der Waals surface area contributed by atoms with Crippen LogP contribution < -0.4 is 5.32 Å². The van der Waals surface area contributed by atoms with E-state index in [0.29, 0.717) is 5.56 Å². The summed E-state index contributed by atoms with van der Waals surface area (Å²) in [7, 11) is 0. The van der Waals surface area contributed by atoms with E-state index in [4.69, 9.17) is 0 Å². The first-order valence-electron chi connectivity index (χ1n) is 6.00. The molecule has 0 bridgehead atoms. The van der Waals surface area contributed by atoms with Crippen molar-refractivity contribution in [1.82, 2.24) is 10.3 Å². The van der Waals surface area contributed by atoms with Crippen molar-refractivity contribution < 1.29 is 14.5 Å². The van der Waals surface area contributed by atoms with Crippen molar-refractivity contribution in [3.63, 3.8) is 0 Å². The molecule has 0 fully saturated rings. The fraction of sp³-hybridized carbons (Fsp3) is 0.0714. The monoisotopic (exact) mass is 285 g/mol. The Morgan fingerprint density at radius 2 is 1.81 bits per heavy atom. The zero-order chi connectivity index (χ0) is 15.4. The van der Waals surface area contributed by atoms with E-state index in [1.54, 1.807) is 18.2 Å². The number of rotatable bonds is 3. The first kappa shape index (κ1) is 14.3. The molecule has 21 heavy (non-hydrogen) atoms. The van der Waals surface area contributed by atoms with E-state index in [9.17, 15) is 19.7 Å². The number of aryl methyl sites for hydroxylation is 1.